The van der Waals surface area contributed by atoms with Gasteiger partial charge in [-0.1, -0.05) is 31.1 Å². The second-order valence-corrected chi connectivity index (χ2v) is 17.1. The SMILES string of the molecule is CN(C)CC1C(F)=CC=C(N2CCN(Sc3ccc4c(c3)/C(=N\O)c3cc(S(=O)(=O)C5CCC(C)(C)CC5)ccc3-4)CC2)C1F. The fourth-order valence-electron chi connectivity index (χ4n) is 7.04. The van der Waals surface area contributed by atoms with Crippen molar-refractivity contribution in [1.29, 1.82) is 0 Å². The Balaban J connectivity index is 1.13. The van der Waals surface area contributed by atoms with Crippen LogP contribution in [0, 0.1) is 11.3 Å². The number of rotatable bonds is 7. The van der Waals surface area contributed by atoms with Crippen LogP contribution in [0.2, 0.25) is 0 Å². The number of fused-ring (bicyclic) bond motifs is 3. The third-order valence-electron chi connectivity index (χ3n) is 9.74. The van der Waals surface area contributed by atoms with Crippen LogP contribution in [0.15, 0.2) is 75.0 Å². The Kier molecular flexibility index (Phi) is 8.93. The lowest BCUT2D eigenvalue weighted by molar-refractivity contribution is 0.151. The van der Waals surface area contributed by atoms with Gasteiger partial charge in [0.05, 0.1) is 16.1 Å². The van der Waals surface area contributed by atoms with Gasteiger partial charge in [0.25, 0.3) is 0 Å². The lowest BCUT2D eigenvalue weighted by Gasteiger charge is -2.39. The van der Waals surface area contributed by atoms with Crippen molar-refractivity contribution in [2.45, 2.75) is 60.7 Å². The number of benzene rings is 2. The smallest absolute Gasteiger partial charge is 0.181 e. The second-order valence-electron chi connectivity index (χ2n) is 13.7. The first-order valence-corrected chi connectivity index (χ1v) is 18.0. The largest absolute Gasteiger partial charge is 0.410 e. The molecule has 2 unspecified atom stereocenters. The molecule has 2 aromatic rings. The van der Waals surface area contributed by atoms with Crippen molar-refractivity contribution in [3.63, 3.8) is 0 Å². The molecule has 4 aliphatic rings. The number of sulfone groups is 1. The number of halogens is 2. The van der Waals surface area contributed by atoms with Crippen molar-refractivity contribution in [2.24, 2.45) is 16.5 Å². The van der Waals surface area contributed by atoms with Crippen LogP contribution in [0.4, 0.5) is 8.78 Å². The van der Waals surface area contributed by atoms with Gasteiger partial charge in [0.2, 0.25) is 0 Å². The number of hydrogen-bond acceptors (Lipinski definition) is 8. The topological polar surface area (TPSA) is 76.5 Å². The van der Waals surface area contributed by atoms with E-state index in [-0.39, 0.29) is 10.3 Å². The Hall–Kier alpha value is -2.73. The minimum absolute atomic E-state index is 0.170. The number of alkyl halides is 1. The van der Waals surface area contributed by atoms with Crippen molar-refractivity contribution in [3.05, 3.63) is 71.2 Å². The van der Waals surface area contributed by atoms with E-state index in [0.29, 0.717) is 62.5 Å². The van der Waals surface area contributed by atoms with E-state index in [1.165, 1.54) is 6.08 Å². The fraction of sp³-hybridized carbons (Fsp3) is 0.500. The Bertz CT molecular complexity index is 1650. The molecule has 3 aliphatic carbocycles. The highest BCUT2D eigenvalue weighted by molar-refractivity contribution is 7.97. The van der Waals surface area contributed by atoms with E-state index in [0.717, 1.165) is 34.4 Å². The fourth-order valence-corrected chi connectivity index (χ4v) is 9.76. The number of oxime groups is 1. The minimum atomic E-state index is -3.51. The van der Waals surface area contributed by atoms with Gasteiger partial charge in [0, 0.05) is 54.4 Å². The summed E-state index contributed by atoms with van der Waals surface area (Å²) >= 11 is 1.59. The molecule has 2 fully saturated rings. The van der Waals surface area contributed by atoms with Gasteiger partial charge in [-0.15, -0.1) is 0 Å². The van der Waals surface area contributed by atoms with Crippen LogP contribution in [0.25, 0.3) is 11.1 Å². The molecule has 7 nitrogen and oxygen atoms in total. The summed E-state index contributed by atoms with van der Waals surface area (Å²) in [5.74, 6) is -1.20. The normalized spacial score (nSPS) is 24.9. The number of nitrogens with zero attached hydrogens (tertiary/aromatic N) is 4. The van der Waals surface area contributed by atoms with Gasteiger partial charge in [-0.05, 0) is 105 Å². The Labute approximate surface area is 269 Å². The zero-order valence-corrected chi connectivity index (χ0v) is 28.0. The lowest BCUT2D eigenvalue weighted by atomic mass is 9.77. The minimum Gasteiger partial charge on any atom is -0.410 e. The Morgan fingerprint density at radius 2 is 1.62 bits per heavy atom. The van der Waals surface area contributed by atoms with E-state index in [9.17, 15) is 18.0 Å². The van der Waals surface area contributed by atoms with Crippen LogP contribution >= 0.6 is 11.9 Å². The van der Waals surface area contributed by atoms with Crippen LogP contribution in [-0.2, 0) is 9.84 Å². The van der Waals surface area contributed by atoms with Gasteiger partial charge in [-0.25, -0.2) is 21.5 Å². The molecule has 1 saturated carbocycles. The van der Waals surface area contributed by atoms with Crippen LogP contribution in [0.5, 0.6) is 0 Å². The lowest BCUT2D eigenvalue weighted by Crippen LogP contribution is -2.46. The highest BCUT2D eigenvalue weighted by Crippen LogP contribution is 2.43. The Morgan fingerprint density at radius 3 is 2.27 bits per heavy atom. The van der Waals surface area contributed by atoms with Gasteiger partial charge < -0.3 is 15.0 Å². The first kappa shape index (κ1) is 32.2. The molecule has 1 heterocycles. The van der Waals surface area contributed by atoms with E-state index < -0.39 is 33.0 Å². The summed E-state index contributed by atoms with van der Waals surface area (Å²) in [5.41, 5.74) is 4.23. The average Bonchev–Trinajstić information content (AvgIpc) is 3.31. The molecule has 0 amide bonds. The predicted molar refractivity (Wildman–Crippen MR) is 176 cm³/mol. The molecule has 2 atom stereocenters. The van der Waals surface area contributed by atoms with Crippen LogP contribution in [0.3, 0.4) is 0 Å². The number of allylic oxidation sites excluding steroid dienone is 3. The number of piperazine rings is 1. The van der Waals surface area contributed by atoms with E-state index in [4.69, 9.17) is 0 Å². The van der Waals surface area contributed by atoms with Crippen molar-refractivity contribution in [1.82, 2.24) is 14.1 Å². The molecule has 0 radical (unpaired) electrons. The maximum Gasteiger partial charge on any atom is 0.181 e. The van der Waals surface area contributed by atoms with E-state index in [1.807, 2.05) is 48.2 Å². The van der Waals surface area contributed by atoms with E-state index in [1.54, 1.807) is 30.2 Å². The van der Waals surface area contributed by atoms with Gasteiger partial charge in [0.15, 0.2) is 9.84 Å². The summed E-state index contributed by atoms with van der Waals surface area (Å²) in [6.45, 7) is 7.33. The summed E-state index contributed by atoms with van der Waals surface area (Å²) < 4.78 is 59.2. The molecule has 2 aromatic carbocycles. The van der Waals surface area contributed by atoms with Gasteiger partial charge >= 0.3 is 0 Å². The molecule has 0 aromatic heterocycles. The van der Waals surface area contributed by atoms with Crippen molar-refractivity contribution in [2.75, 3.05) is 46.8 Å². The van der Waals surface area contributed by atoms with Crippen LogP contribution < -0.4 is 0 Å². The van der Waals surface area contributed by atoms with Gasteiger partial charge in [-0.2, -0.15) is 0 Å². The van der Waals surface area contributed by atoms with Gasteiger partial charge in [-0.3, -0.25) is 0 Å². The van der Waals surface area contributed by atoms with Crippen LogP contribution in [0.1, 0.15) is 50.7 Å². The molecule has 1 saturated heterocycles. The molecule has 1 aliphatic heterocycles. The van der Waals surface area contributed by atoms with Crippen molar-refractivity contribution < 1.29 is 22.4 Å². The average molecular weight is 657 g/mol. The van der Waals surface area contributed by atoms with E-state index >= 15 is 4.39 Å². The standard InChI is InChI=1S/C34H42F2N4O3S2/c1-34(2)13-11-23(12-14-34)45(42,43)24-6-8-26-25-7-5-22(19-27(25)33(37-41)28(26)20-24)44-40-17-15-39(16-18-40)31-10-9-30(35)29(32(31)36)21-38(3)4/h5-10,19-20,23,29,32,41H,11-18,21H2,1-4H3/b37-33+. The molecule has 242 valence electrons. The highest BCUT2D eigenvalue weighted by atomic mass is 32.2. The third-order valence-corrected chi connectivity index (χ3v) is 13.1. The quantitative estimate of drug-likeness (QED) is 0.176. The second kappa shape index (κ2) is 12.5. The maximum atomic E-state index is 15.4. The van der Waals surface area contributed by atoms with Crippen molar-refractivity contribution in [3.8, 4) is 11.1 Å². The predicted octanol–water partition coefficient (Wildman–Crippen LogP) is 6.53. The molecule has 11 heteroatoms. The molecular weight excluding hydrogens is 615 g/mol. The molecular formula is C34H42F2N4O3S2. The number of hydrogen-bond donors (Lipinski definition) is 1. The Morgan fingerprint density at radius 1 is 0.978 bits per heavy atom. The van der Waals surface area contributed by atoms with Crippen LogP contribution in [-0.4, -0.2) is 91.7 Å². The van der Waals surface area contributed by atoms with E-state index in [2.05, 4.69) is 23.3 Å². The van der Waals surface area contributed by atoms with Crippen molar-refractivity contribution >= 4 is 27.5 Å². The first-order chi connectivity index (χ1) is 21.4. The zero-order valence-electron chi connectivity index (χ0n) is 26.3. The highest BCUT2D eigenvalue weighted by Gasteiger charge is 2.37. The van der Waals surface area contributed by atoms with Gasteiger partial charge in [0.1, 0.15) is 17.7 Å². The molecule has 0 spiro atoms. The third kappa shape index (κ3) is 6.33. The molecule has 6 rings (SSSR count). The summed E-state index contributed by atoms with van der Waals surface area (Å²) in [5, 5.41) is 13.3. The first-order valence-electron chi connectivity index (χ1n) is 15.7. The summed E-state index contributed by atoms with van der Waals surface area (Å²) in [4.78, 5) is 5.07. The monoisotopic (exact) mass is 656 g/mol. The molecule has 0 bridgehead atoms. The molecule has 45 heavy (non-hydrogen) atoms. The summed E-state index contributed by atoms with van der Waals surface area (Å²) in [6, 6.07) is 11.2. The molecule has 1 N–H and O–H groups in total. The maximum absolute atomic E-state index is 15.4. The summed E-state index contributed by atoms with van der Waals surface area (Å²) in [7, 11) is 0.131. The summed E-state index contributed by atoms with van der Waals surface area (Å²) in [6.07, 6.45) is 4.68. The zero-order chi connectivity index (χ0) is 32.1.